The van der Waals surface area contributed by atoms with Crippen molar-refractivity contribution in [2.24, 2.45) is 0 Å². The standard InChI is InChI=1S/C17H21N3O/c21-9-8-19-6-5-15(12-19)20-7-4-14-11-18-10-13-2-1-3-16(20)17(13)14/h1-3,10-11,15,21H,4-9,12H2. The Bertz CT molecular complexity index is 652. The number of likely N-dealkylation sites (tertiary alicyclic amines) is 1. The van der Waals surface area contributed by atoms with Gasteiger partial charge in [-0.1, -0.05) is 12.1 Å². The molecule has 0 aliphatic carbocycles. The van der Waals surface area contributed by atoms with Gasteiger partial charge < -0.3 is 10.0 Å². The molecule has 1 aromatic heterocycles. The van der Waals surface area contributed by atoms with Crippen LogP contribution in [0.25, 0.3) is 10.8 Å². The minimum Gasteiger partial charge on any atom is -0.395 e. The van der Waals surface area contributed by atoms with E-state index < -0.39 is 0 Å². The van der Waals surface area contributed by atoms with Gasteiger partial charge in [0.15, 0.2) is 0 Å². The highest BCUT2D eigenvalue weighted by molar-refractivity contribution is 5.97. The number of benzene rings is 1. The van der Waals surface area contributed by atoms with Crippen LogP contribution in [-0.4, -0.2) is 53.8 Å². The average Bonchev–Trinajstić information content (AvgIpc) is 2.97. The van der Waals surface area contributed by atoms with Crippen LogP contribution in [0.1, 0.15) is 12.0 Å². The zero-order valence-corrected chi connectivity index (χ0v) is 12.2. The number of pyridine rings is 1. The lowest BCUT2D eigenvalue weighted by molar-refractivity contribution is 0.220. The highest BCUT2D eigenvalue weighted by atomic mass is 16.3. The van der Waals surface area contributed by atoms with E-state index >= 15 is 0 Å². The molecule has 2 aliphatic rings. The van der Waals surface area contributed by atoms with Crippen molar-refractivity contribution in [3.8, 4) is 0 Å². The van der Waals surface area contributed by atoms with Gasteiger partial charge in [-0.05, 0) is 24.5 Å². The minimum atomic E-state index is 0.261. The van der Waals surface area contributed by atoms with Crippen molar-refractivity contribution in [2.45, 2.75) is 18.9 Å². The lowest BCUT2D eigenvalue weighted by Gasteiger charge is -2.36. The Morgan fingerprint density at radius 2 is 2.19 bits per heavy atom. The predicted molar refractivity (Wildman–Crippen MR) is 84.7 cm³/mol. The summed E-state index contributed by atoms with van der Waals surface area (Å²) in [6, 6.07) is 7.12. The topological polar surface area (TPSA) is 39.6 Å². The SMILES string of the molecule is OCCN1CCC(N2CCc3cncc4cccc2c34)C1. The lowest BCUT2D eigenvalue weighted by Crippen LogP contribution is -2.41. The molecule has 0 bridgehead atoms. The molecule has 4 nitrogen and oxygen atoms in total. The van der Waals surface area contributed by atoms with E-state index in [1.807, 2.05) is 12.4 Å². The second kappa shape index (κ2) is 5.28. The molecule has 4 rings (SSSR count). The van der Waals surface area contributed by atoms with E-state index in [0.29, 0.717) is 6.04 Å². The van der Waals surface area contributed by atoms with Crippen molar-refractivity contribution in [2.75, 3.05) is 37.7 Å². The van der Waals surface area contributed by atoms with E-state index in [9.17, 15) is 0 Å². The Balaban J connectivity index is 1.69. The lowest BCUT2D eigenvalue weighted by atomic mass is 9.97. The van der Waals surface area contributed by atoms with Crippen LogP contribution < -0.4 is 4.90 Å². The van der Waals surface area contributed by atoms with Crippen LogP contribution in [0.4, 0.5) is 5.69 Å². The van der Waals surface area contributed by atoms with Crippen LogP contribution in [0.3, 0.4) is 0 Å². The van der Waals surface area contributed by atoms with Crippen molar-refractivity contribution in [3.05, 3.63) is 36.2 Å². The van der Waals surface area contributed by atoms with E-state index in [1.54, 1.807) is 0 Å². The van der Waals surface area contributed by atoms with Gasteiger partial charge in [-0.2, -0.15) is 0 Å². The molecule has 4 heteroatoms. The highest BCUT2D eigenvalue weighted by Crippen LogP contribution is 2.36. The molecule has 1 saturated heterocycles. The average molecular weight is 283 g/mol. The number of aliphatic hydroxyl groups excluding tert-OH is 1. The molecule has 0 saturated carbocycles. The third-order valence-corrected chi connectivity index (χ3v) is 4.88. The molecule has 1 aromatic carbocycles. The van der Waals surface area contributed by atoms with Crippen LogP contribution in [-0.2, 0) is 6.42 Å². The second-order valence-corrected chi connectivity index (χ2v) is 6.08. The van der Waals surface area contributed by atoms with Crippen LogP contribution in [0.2, 0.25) is 0 Å². The molecule has 1 fully saturated rings. The zero-order chi connectivity index (χ0) is 14.2. The Morgan fingerprint density at radius 1 is 1.24 bits per heavy atom. The Kier molecular flexibility index (Phi) is 3.28. The normalized spacial score (nSPS) is 22.1. The summed E-state index contributed by atoms with van der Waals surface area (Å²) in [5.41, 5.74) is 2.75. The van der Waals surface area contributed by atoms with Gasteiger partial charge >= 0.3 is 0 Å². The van der Waals surface area contributed by atoms with Gasteiger partial charge in [-0.3, -0.25) is 9.88 Å². The quantitative estimate of drug-likeness (QED) is 0.930. The number of nitrogens with zero attached hydrogens (tertiary/aromatic N) is 3. The summed E-state index contributed by atoms with van der Waals surface area (Å²) in [5.74, 6) is 0. The number of aliphatic hydroxyl groups is 1. The number of hydrogen-bond donors (Lipinski definition) is 1. The largest absolute Gasteiger partial charge is 0.395 e. The predicted octanol–water partition coefficient (Wildman–Crippen LogP) is 1.66. The van der Waals surface area contributed by atoms with Crippen molar-refractivity contribution in [1.29, 1.82) is 0 Å². The first kappa shape index (κ1) is 13.0. The van der Waals surface area contributed by atoms with Crippen molar-refractivity contribution >= 4 is 16.5 Å². The van der Waals surface area contributed by atoms with Crippen molar-refractivity contribution < 1.29 is 5.11 Å². The molecule has 0 amide bonds. The van der Waals surface area contributed by atoms with E-state index in [2.05, 4.69) is 33.0 Å². The van der Waals surface area contributed by atoms with Gasteiger partial charge in [0.05, 0.1) is 6.61 Å². The molecule has 1 atom stereocenters. The minimum absolute atomic E-state index is 0.261. The van der Waals surface area contributed by atoms with Gasteiger partial charge in [0.2, 0.25) is 0 Å². The van der Waals surface area contributed by atoms with Gasteiger partial charge in [0, 0.05) is 61.1 Å². The Hall–Kier alpha value is -1.65. The van der Waals surface area contributed by atoms with Crippen molar-refractivity contribution in [3.63, 3.8) is 0 Å². The molecule has 1 N–H and O–H groups in total. The molecule has 2 aromatic rings. The van der Waals surface area contributed by atoms with Crippen LogP contribution in [0, 0.1) is 0 Å². The van der Waals surface area contributed by atoms with Gasteiger partial charge in [-0.25, -0.2) is 0 Å². The van der Waals surface area contributed by atoms with Gasteiger partial charge in [0.1, 0.15) is 0 Å². The molecule has 2 aliphatic heterocycles. The first-order valence-electron chi connectivity index (χ1n) is 7.82. The monoisotopic (exact) mass is 283 g/mol. The summed E-state index contributed by atoms with van der Waals surface area (Å²) < 4.78 is 0. The van der Waals surface area contributed by atoms with E-state index in [4.69, 9.17) is 5.11 Å². The molecule has 3 heterocycles. The van der Waals surface area contributed by atoms with Gasteiger partial charge in [-0.15, -0.1) is 0 Å². The Morgan fingerprint density at radius 3 is 3.10 bits per heavy atom. The zero-order valence-electron chi connectivity index (χ0n) is 12.2. The molecule has 0 radical (unpaired) electrons. The fraction of sp³-hybridized carbons (Fsp3) is 0.471. The number of aromatic nitrogens is 1. The maximum absolute atomic E-state index is 9.11. The van der Waals surface area contributed by atoms with Gasteiger partial charge in [0.25, 0.3) is 0 Å². The van der Waals surface area contributed by atoms with E-state index in [-0.39, 0.29) is 6.61 Å². The Labute approximate surface area is 125 Å². The summed E-state index contributed by atoms with van der Waals surface area (Å²) in [6.07, 6.45) is 6.27. The number of β-amino-alcohol motifs (C(OH)–C–C–N with tert-alkyl or cyclic N) is 1. The molecule has 0 spiro atoms. The molecular weight excluding hydrogens is 262 g/mol. The fourth-order valence-electron chi connectivity index (χ4n) is 3.87. The first-order valence-corrected chi connectivity index (χ1v) is 7.82. The summed E-state index contributed by atoms with van der Waals surface area (Å²) in [4.78, 5) is 9.31. The molecular formula is C17H21N3O. The molecule has 21 heavy (non-hydrogen) atoms. The highest BCUT2D eigenvalue weighted by Gasteiger charge is 2.30. The third-order valence-electron chi connectivity index (χ3n) is 4.88. The maximum Gasteiger partial charge on any atom is 0.0558 e. The summed E-state index contributed by atoms with van der Waals surface area (Å²) in [5, 5.41) is 11.8. The summed E-state index contributed by atoms with van der Waals surface area (Å²) in [7, 11) is 0. The summed E-state index contributed by atoms with van der Waals surface area (Å²) >= 11 is 0. The van der Waals surface area contributed by atoms with Crippen LogP contribution in [0.5, 0.6) is 0 Å². The van der Waals surface area contributed by atoms with Crippen LogP contribution in [0.15, 0.2) is 30.6 Å². The number of rotatable bonds is 3. The number of hydrogen-bond acceptors (Lipinski definition) is 4. The summed E-state index contributed by atoms with van der Waals surface area (Å²) in [6.45, 7) is 4.31. The third kappa shape index (κ3) is 2.19. The number of anilines is 1. The smallest absolute Gasteiger partial charge is 0.0558 e. The molecule has 110 valence electrons. The van der Waals surface area contributed by atoms with E-state index in [1.165, 1.54) is 28.4 Å². The maximum atomic E-state index is 9.11. The van der Waals surface area contributed by atoms with Crippen molar-refractivity contribution in [1.82, 2.24) is 9.88 Å². The fourth-order valence-corrected chi connectivity index (χ4v) is 3.87. The van der Waals surface area contributed by atoms with Crippen LogP contribution >= 0.6 is 0 Å². The van der Waals surface area contributed by atoms with E-state index in [0.717, 1.165) is 32.6 Å². The second-order valence-electron chi connectivity index (χ2n) is 6.08. The first-order chi connectivity index (χ1) is 10.4. The molecule has 1 unspecified atom stereocenters.